The first-order valence-electron chi connectivity index (χ1n) is 7.41. The molecule has 0 bridgehead atoms. The lowest BCUT2D eigenvalue weighted by Crippen LogP contribution is -2.12. The third-order valence-corrected chi connectivity index (χ3v) is 3.76. The minimum Gasteiger partial charge on any atom is -0.507 e. The molecule has 1 amide bonds. The van der Waals surface area contributed by atoms with E-state index in [1.807, 2.05) is 0 Å². The van der Waals surface area contributed by atoms with Crippen LogP contribution >= 0.6 is 0 Å². The number of hydrogen-bond donors (Lipinski definition) is 3. The lowest BCUT2D eigenvalue weighted by Gasteiger charge is -2.09. The molecule has 0 radical (unpaired) electrons. The summed E-state index contributed by atoms with van der Waals surface area (Å²) in [4.78, 5) is 33.7. The third-order valence-electron chi connectivity index (χ3n) is 3.76. The number of nitro benzene ring substituents is 1. The second-order valence-corrected chi connectivity index (χ2v) is 5.50. The number of fused-ring (bicyclic) bond motifs is 1. The predicted molar refractivity (Wildman–Crippen MR) is 93.6 cm³/mol. The highest BCUT2D eigenvalue weighted by Crippen LogP contribution is 2.27. The van der Waals surface area contributed by atoms with Gasteiger partial charge >= 0.3 is 5.97 Å². The van der Waals surface area contributed by atoms with Gasteiger partial charge in [0.2, 0.25) is 0 Å². The number of phenolic OH excluding ortho intramolecular Hbond substituents is 1. The van der Waals surface area contributed by atoms with Gasteiger partial charge in [0.15, 0.2) is 0 Å². The number of hydrogen-bond acceptors (Lipinski definition) is 5. The zero-order chi connectivity index (χ0) is 18.8. The highest BCUT2D eigenvalue weighted by molar-refractivity contribution is 6.09. The van der Waals surface area contributed by atoms with Crippen molar-refractivity contribution < 1.29 is 24.7 Å². The van der Waals surface area contributed by atoms with Crippen molar-refractivity contribution in [1.82, 2.24) is 0 Å². The Bertz CT molecular complexity index is 1060. The van der Waals surface area contributed by atoms with Gasteiger partial charge in [-0.15, -0.1) is 0 Å². The SMILES string of the molecule is O=C(O)c1ccc2cc(O)c(C(=O)Nc3cccc([N+](=O)[O-])c3)cc2c1. The Morgan fingerprint density at radius 2 is 1.77 bits per heavy atom. The summed E-state index contributed by atoms with van der Waals surface area (Å²) in [6.07, 6.45) is 0. The van der Waals surface area contributed by atoms with Gasteiger partial charge in [0.25, 0.3) is 11.6 Å². The zero-order valence-electron chi connectivity index (χ0n) is 13.2. The molecule has 0 atom stereocenters. The fourth-order valence-electron chi connectivity index (χ4n) is 2.50. The number of aromatic hydroxyl groups is 1. The molecule has 3 aromatic carbocycles. The van der Waals surface area contributed by atoms with E-state index in [-0.39, 0.29) is 28.3 Å². The van der Waals surface area contributed by atoms with Gasteiger partial charge < -0.3 is 15.5 Å². The minimum atomic E-state index is -1.11. The first-order valence-corrected chi connectivity index (χ1v) is 7.41. The molecule has 0 unspecified atom stereocenters. The number of nitro groups is 1. The van der Waals surface area contributed by atoms with Gasteiger partial charge in [-0.05, 0) is 41.1 Å². The molecular formula is C18H12N2O6. The number of carbonyl (C=O) groups is 2. The van der Waals surface area contributed by atoms with Gasteiger partial charge in [-0.3, -0.25) is 14.9 Å². The van der Waals surface area contributed by atoms with Crippen LogP contribution in [-0.4, -0.2) is 27.0 Å². The Morgan fingerprint density at radius 3 is 2.46 bits per heavy atom. The van der Waals surface area contributed by atoms with Crippen LogP contribution in [0.1, 0.15) is 20.7 Å². The molecule has 0 aliphatic heterocycles. The number of carbonyl (C=O) groups excluding carboxylic acids is 1. The number of nitrogens with zero attached hydrogens (tertiary/aromatic N) is 1. The van der Waals surface area contributed by atoms with Crippen molar-refractivity contribution >= 4 is 34.0 Å². The molecule has 0 heterocycles. The maximum Gasteiger partial charge on any atom is 0.335 e. The largest absolute Gasteiger partial charge is 0.507 e. The fourth-order valence-corrected chi connectivity index (χ4v) is 2.50. The molecule has 0 aromatic heterocycles. The van der Waals surface area contributed by atoms with Crippen molar-refractivity contribution in [2.45, 2.75) is 0 Å². The van der Waals surface area contributed by atoms with Gasteiger partial charge in [0.05, 0.1) is 16.1 Å². The lowest BCUT2D eigenvalue weighted by atomic mass is 10.0. The Labute approximate surface area is 146 Å². The van der Waals surface area contributed by atoms with Gasteiger partial charge in [0, 0.05) is 17.8 Å². The van der Waals surface area contributed by atoms with Crippen LogP contribution in [-0.2, 0) is 0 Å². The van der Waals surface area contributed by atoms with Gasteiger partial charge in [-0.1, -0.05) is 12.1 Å². The number of anilines is 1. The van der Waals surface area contributed by atoms with Gasteiger partial charge in [-0.2, -0.15) is 0 Å². The van der Waals surface area contributed by atoms with Crippen molar-refractivity contribution in [3.63, 3.8) is 0 Å². The van der Waals surface area contributed by atoms with Crippen LogP contribution in [0.4, 0.5) is 11.4 Å². The van der Waals surface area contributed by atoms with Crippen LogP contribution in [0, 0.1) is 10.1 Å². The van der Waals surface area contributed by atoms with Gasteiger partial charge in [-0.25, -0.2) is 4.79 Å². The standard InChI is InChI=1S/C18H12N2O6/c21-16-8-10-4-5-11(18(23)24)6-12(10)7-15(16)17(22)19-13-2-1-3-14(9-13)20(25)26/h1-9,21H,(H,19,22)(H,23,24). The Balaban J connectivity index is 1.97. The average Bonchev–Trinajstić information content (AvgIpc) is 2.60. The van der Waals surface area contributed by atoms with E-state index in [0.717, 1.165) is 0 Å². The molecule has 26 heavy (non-hydrogen) atoms. The molecule has 3 rings (SSSR count). The quantitative estimate of drug-likeness (QED) is 0.487. The number of phenols is 1. The van der Waals surface area contributed by atoms with E-state index in [0.29, 0.717) is 10.8 Å². The molecule has 130 valence electrons. The molecule has 3 N–H and O–H groups in total. The van der Waals surface area contributed by atoms with Crippen LogP contribution in [0.3, 0.4) is 0 Å². The summed E-state index contributed by atoms with van der Waals surface area (Å²) >= 11 is 0. The summed E-state index contributed by atoms with van der Waals surface area (Å²) in [6.45, 7) is 0. The van der Waals surface area contributed by atoms with Crippen LogP contribution in [0.15, 0.2) is 54.6 Å². The van der Waals surface area contributed by atoms with Crippen LogP contribution in [0.25, 0.3) is 10.8 Å². The number of amides is 1. The summed E-state index contributed by atoms with van der Waals surface area (Å²) in [6, 6.07) is 12.4. The molecule has 0 saturated heterocycles. The molecule has 0 fully saturated rings. The van der Waals surface area contributed by atoms with E-state index in [9.17, 15) is 24.8 Å². The van der Waals surface area contributed by atoms with Crippen molar-refractivity contribution in [2.24, 2.45) is 0 Å². The molecule has 0 spiro atoms. The molecule has 0 aliphatic rings. The molecular weight excluding hydrogens is 340 g/mol. The molecule has 0 saturated carbocycles. The van der Waals surface area contributed by atoms with Crippen molar-refractivity contribution in [1.29, 1.82) is 0 Å². The smallest absolute Gasteiger partial charge is 0.335 e. The monoisotopic (exact) mass is 352 g/mol. The second kappa shape index (κ2) is 6.52. The van der Waals surface area contributed by atoms with Crippen LogP contribution in [0.2, 0.25) is 0 Å². The molecule has 0 aliphatic carbocycles. The summed E-state index contributed by atoms with van der Waals surface area (Å²) in [5.41, 5.74) is -0.0144. The summed E-state index contributed by atoms with van der Waals surface area (Å²) in [5.74, 6) is -2.07. The number of carboxylic acids is 1. The fraction of sp³-hybridized carbons (Fsp3) is 0. The summed E-state index contributed by atoms with van der Waals surface area (Å²) in [5, 5.41) is 33.5. The number of nitrogens with one attached hydrogen (secondary N) is 1. The van der Waals surface area contributed by atoms with Crippen molar-refractivity contribution in [3.8, 4) is 5.75 Å². The summed E-state index contributed by atoms with van der Waals surface area (Å²) in [7, 11) is 0. The zero-order valence-corrected chi connectivity index (χ0v) is 13.2. The predicted octanol–water partition coefficient (Wildman–Crippen LogP) is 3.40. The van der Waals surface area contributed by atoms with Crippen LogP contribution < -0.4 is 5.32 Å². The third kappa shape index (κ3) is 3.29. The van der Waals surface area contributed by atoms with Gasteiger partial charge in [0.1, 0.15) is 5.75 Å². The Kier molecular flexibility index (Phi) is 4.24. The van der Waals surface area contributed by atoms with Crippen molar-refractivity contribution in [2.75, 3.05) is 5.32 Å². The highest BCUT2D eigenvalue weighted by atomic mass is 16.6. The highest BCUT2D eigenvalue weighted by Gasteiger charge is 2.15. The van der Waals surface area contributed by atoms with Crippen LogP contribution in [0.5, 0.6) is 5.75 Å². The number of rotatable bonds is 4. The van der Waals surface area contributed by atoms with E-state index in [2.05, 4.69) is 5.32 Å². The Morgan fingerprint density at radius 1 is 1.00 bits per heavy atom. The normalized spacial score (nSPS) is 10.5. The van der Waals surface area contributed by atoms with E-state index in [4.69, 9.17) is 5.11 Å². The second-order valence-electron chi connectivity index (χ2n) is 5.50. The average molecular weight is 352 g/mol. The van der Waals surface area contributed by atoms with E-state index >= 15 is 0 Å². The maximum atomic E-state index is 12.4. The molecule has 8 heteroatoms. The summed E-state index contributed by atoms with van der Waals surface area (Å²) < 4.78 is 0. The minimum absolute atomic E-state index is 0.0493. The number of non-ortho nitro benzene ring substituents is 1. The Hall–Kier alpha value is -3.94. The lowest BCUT2D eigenvalue weighted by molar-refractivity contribution is -0.384. The number of benzene rings is 3. The number of carboxylic acid groups (broad SMARTS) is 1. The first-order chi connectivity index (χ1) is 12.3. The number of aromatic carboxylic acids is 1. The molecule has 8 nitrogen and oxygen atoms in total. The van der Waals surface area contributed by atoms with E-state index in [1.54, 1.807) is 0 Å². The van der Waals surface area contributed by atoms with E-state index in [1.165, 1.54) is 54.6 Å². The topological polar surface area (TPSA) is 130 Å². The molecule has 3 aromatic rings. The van der Waals surface area contributed by atoms with E-state index < -0.39 is 16.8 Å². The first kappa shape index (κ1) is 16.9. The van der Waals surface area contributed by atoms with Crippen molar-refractivity contribution in [3.05, 3.63) is 75.8 Å². The maximum absolute atomic E-state index is 12.4.